The van der Waals surface area contributed by atoms with Gasteiger partial charge in [-0.1, -0.05) is 30.3 Å². The summed E-state index contributed by atoms with van der Waals surface area (Å²) in [6.07, 6.45) is 0.486. The molecule has 0 radical (unpaired) electrons. The molecule has 0 saturated carbocycles. The molecule has 0 aliphatic carbocycles. The summed E-state index contributed by atoms with van der Waals surface area (Å²) in [6, 6.07) is 8.93. The van der Waals surface area contributed by atoms with Crippen LogP contribution >= 0.6 is 22.6 Å². The number of rotatable bonds is 7. The maximum absolute atomic E-state index is 12.7. The lowest BCUT2D eigenvalue weighted by Gasteiger charge is -2.24. The zero-order valence-electron chi connectivity index (χ0n) is 17.8. The summed E-state index contributed by atoms with van der Waals surface area (Å²) in [5.74, 6) is -0.757. The average molecular weight is 512 g/mol. The second kappa shape index (κ2) is 9.75. The van der Waals surface area contributed by atoms with Gasteiger partial charge >= 0.3 is 11.9 Å². The van der Waals surface area contributed by atoms with Crippen molar-refractivity contribution in [2.24, 2.45) is 0 Å². The van der Waals surface area contributed by atoms with Gasteiger partial charge in [0.1, 0.15) is 17.3 Å². The fourth-order valence-corrected chi connectivity index (χ4v) is 3.76. The summed E-state index contributed by atoms with van der Waals surface area (Å²) in [5.41, 5.74) is 2.58. The van der Waals surface area contributed by atoms with Crippen LogP contribution in [-0.4, -0.2) is 35.7 Å². The molecule has 6 nitrogen and oxygen atoms in total. The van der Waals surface area contributed by atoms with Gasteiger partial charge in [-0.25, -0.2) is 4.79 Å². The van der Waals surface area contributed by atoms with Gasteiger partial charge in [0.05, 0.1) is 10.8 Å². The van der Waals surface area contributed by atoms with Crippen LogP contribution in [0.2, 0.25) is 0 Å². The first-order valence-corrected chi connectivity index (χ1v) is 10.6. The van der Waals surface area contributed by atoms with Gasteiger partial charge in [0.2, 0.25) is 0 Å². The summed E-state index contributed by atoms with van der Waals surface area (Å²) >= 11 is 2.17. The van der Waals surface area contributed by atoms with Crippen molar-refractivity contribution < 1.29 is 19.1 Å². The SMILES string of the molecule is COC(=O)C(Cc1ccccc1)NC(C)c1c(C(=O)OC(C)(C)C)[nH]c(I)c1C. The fraction of sp³-hybridized carbons (Fsp3) is 0.455. The van der Waals surface area contributed by atoms with Crippen LogP contribution in [0.15, 0.2) is 30.3 Å². The van der Waals surface area contributed by atoms with Crippen LogP contribution < -0.4 is 5.32 Å². The molecule has 2 aromatic rings. The number of aromatic nitrogens is 1. The van der Waals surface area contributed by atoms with Gasteiger partial charge in [-0.2, -0.15) is 0 Å². The number of H-pyrrole nitrogens is 1. The van der Waals surface area contributed by atoms with Crippen molar-refractivity contribution in [3.8, 4) is 0 Å². The van der Waals surface area contributed by atoms with Crippen molar-refractivity contribution in [1.82, 2.24) is 10.3 Å². The molecule has 29 heavy (non-hydrogen) atoms. The largest absolute Gasteiger partial charge is 0.468 e. The van der Waals surface area contributed by atoms with E-state index >= 15 is 0 Å². The van der Waals surface area contributed by atoms with Crippen molar-refractivity contribution in [3.63, 3.8) is 0 Å². The molecule has 158 valence electrons. The van der Waals surface area contributed by atoms with Gasteiger partial charge in [0.25, 0.3) is 0 Å². The third-order valence-electron chi connectivity index (χ3n) is 4.49. The molecule has 0 saturated heterocycles. The summed E-state index contributed by atoms with van der Waals surface area (Å²) in [5, 5.41) is 3.34. The number of carbonyl (C=O) groups excluding carboxylic acids is 2. The number of methoxy groups -OCH3 is 1. The standard InChI is InChI=1S/C22H29IN2O4/c1-13-17(18(25-19(13)23)21(27)29-22(3,4)5)14(2)24-16(20(26)28-6)12-15-10-8-7-9-11-15/h7-11,14,16,24-25H,12H2,1-6H3. The number of benzene rings is 1. The Morgan fingerprint density at radius 2 is 1.83 bits per heavy atom. The van der Waals surface area contributed by atoms with Crippen molar-refractivity contribution in [2.75, 3.05) is 7.11 Å². The highest BCUT2D eigenvalue weighted by atomic mass is 127. The summed E-state index contributed by atoms with van der Waals surface area (Å²) in [7, 11) is 1.38. The van der Waals surface area contributed by atoms with Gasteiger partial charge < -0.3 is 14.5 Å². The smallest absolute Gasteiger partial charge is 0.355 e. The summed E-state index contributed by atoms with van der Waals surface area (Å²) in [6.45, 7) is 9.38. The maximum atomic E-state index is 12.7. The molecule has 0 fully saturated rings. The summed E-state index contributed by atoms with van der Waals surface area (Å²) in [4.78, 5) is 28.3. The quantitative estimate of drug-likeness (QED) is 0.427. The molecule has 0 amide bonds. The van der Waals surface area contributed by atoms with Crippen LogP contribution in [0.5, 0.6) is 0 Å². The minimum Gasteiger partial charge on any atom is -0.468 e. The third-order valence-corrected chi connectivity index (χ3v) is 5.57. The van der Waals surface area contributed by atoms with Crippen LogP contribution in [0.25, 0.3) is 0 Å². The van der Waals surface area contributed by atoms with Crippen LogP contribution in [0.4, 0.5) is 0 Å². The lowest BCUT2D eigenvalue weighted by molar-refractivity contribution is -0.143. The number of hydrogen-bond acceptors (Lipinski definition) is 5. The number of nitrogens with one attached hydrogen (secondary N) is 2. The van der Waals surface area contributed by atoms with E-state index in [9.17, 15) is 9.59 Å². The predicted octanol–water partition coefficient (Wildman–Crippen LogP) is 4.32. The minimum absolute atomic E-state index is 0.273. The first kappa shape index (κ1) is 23.4. The second-order valence-electron chi connectivity index (χ2n) is 8.01. The van der Waals surface area contributed by atoms with Crippen LogP contribution in [0.3, 0.4) is 0 Å². The molecule has 1 aromatic heterocycles. The number of halogens is 1. The van der Waals surface area contributed by atoms with Crippen LogP contribution in [-0.2, 0) is 20.7 Å². The molecule has 0 spiro atoms. The molecule has 2 N–H and O–H groups in total. The topological polar surface area (TPSA) is 80.4 Å². The van der Waals surface area contributed by atoms with Gasteiger partial charge in [-0.05, 0) is 74.8 Å². The molecule has 7 heteroatoms. The monoisotopic (exact) mass is 512 g/mol. The maximum Gasteiger partial charge on any atom is 0.355 e. The Morgan fingerprint density at radius 1 is 1.21 bits per heavy atom. The van der Waals surface area contributed by atoms with E-state index in [0.29, 0.717) is 12.1 Å². The Kier molecular flexibility index (Phi) is 7.87. The van der Waals surface area contributed by atoms with E-state index in [4.69, 9.17) is 9.47 Å². The van der Waals surface area contributed by atoms with Crippen molar-refractivity contribution in [3.05, 3.63) is 56.4 Å². The van der Waals surface area contributed by atoms with E-state index < -0.39 is 17.6 Å². The lowest BCUT2D eigenvalue weighted by Crippen LogP contribution is -2.41. The molecule has 2 unspecified atom stereocenters. The molecule has 1 aromatic carbocycles. The first-order chi connectivity index (χ1) is 13.5. The Hall–Kier alpha value is -1.87. The molecule has 2 atom stereocenters. The van der Waals surface area contributed by atoms with Crippen molar-refractivity contribution >= 4 is 34.5 Å². The van der Waals surface area contributed by atoms with Gasteiger partial charge in [-0.3, -0.25) is 10.1 Å². The Bertz CT molecular complexity index is 856. The van der Waals surface area contributed by atoms with Crippen LogP contribution in [0.1, 0.15) is 60.9 Å². The number of aromatic amines is 1. The minimum atomic E-state index is -0.600. The fourth-order valence-electron chi connectivity index (χ4n) is 3.20. The highest BCUT2D eigenvalue weighted by Gasteiger charge is 2.29. The van der Waals surface area contributed by atoms with E-state index in [1.807, 2.05) is 65.0 Å². The van der Waals surface area contributed by atoms with Gasteiger partial charge in [0.15, 0.2) is 0 Å². The first-order valence-electron chi connectivity index (χ1n) is 9.52. The normalized spacial score (nSPS) is 13.6. The lowest BCUT2D eigenvalue weighted by atomic mass is 10.0. The highest BCUT2D eigenvalue weighted by Crippen LogP contribution is 2.28. The molecule has 0 aliphatic rings. The molecular weight excluding hydrogens is 483 g/mol. The molecule has 1 heterocycles. The summed E-state index contributed by atoms with van der Waals surface area (Å²) < 4.78 is 11.4. The van der Waals surface area contributed by atoms with Gasteiger partial charge in [-0.15, -0.1) is 0 Å². The zero-order valence-corrected chi connectivity index (χ0v) is 19.9. The zero-order chi connectivity index (χ0) is 21.8. The van der Waals surface area contributed by atoms with E-state index in [0.717, 1.165) is 20.4 Å². The highest BCUT2D eigenvalue weighted by molar-refractivity contribution is 14.1. The Morgan fingerprint density at radius 3 is 2.38 bits per heavy atom. The number of hydrogen-bond donors (Lipinski definition) is 2. The number of esters is 2. The number of ether oxygens (including phenoxy) is 2. The molecular formula is C22H29IN2O4. The number of carbonyl (C=O) groups is 2. The van der Waals surface area contributed by atoms with Crippen LogP contribution in [0, 0.1) is 10.6 Å². The Balaban J connectivity index is 2.30. The Labute approximate surface area is 185 Å². The second-order valence-corrected chi connectivity index (χ2v) is 9.09. The predicted molar refractivity (Wildman–Crippen MR) is 121 cm³/mol. The van der Waals surface area contributed by atoms with E-state index in [1.54, 1.807) is 0 Å². The molecule has 2 rings (SSSR count). The van der Waals surface area contributed by atoms with E-state index in [-0.39, 0.29) is 12.0 Å². The molecule has 0 aliphatic heterocycles. The third kappa shape index (κ3) is 6.30. The molecule has 0 bridgehead atoms. The van der Waals surface area contributed by atoms with Gasteiger partial charge in [0, 0.05) is 11.6 Å². The van der Waals surface area contributed by atoms with Crippen molar-refractivity contribution in [2.45, 2.75) is 58.7 Å². The van der Waals surface area contributed by atoms with E-state index in [2.05, 4.69) is 32.9 Å². The van der Waals surface area contributed by atoms with Crippen molar-refractivity contribution in [1.29, 1.82) is 0 Å². The van der Waals surface area contributed by atoms with E-state index in [1.165, 1.54) is 7.11 Å². The average Bonchev–Trinajstić information content (AvgIpc) is 2.95.